The lowest BCUT2D eigenvalue weighted by Gasteiger charge is -2.06. The molecule has 0 aliphatic carbocycles. The molecule has 160 valence electrons. The summed E-state index contributed by atoms with van der Waals surface area (Å²) in [6.07, 6.45) is 12.3. The molecule has 0 aliphatic rings. The third-order valence-corrected chi connectivity index (χ3v) is 5.58. The zero-order chi connectivity index (χ0) is 21.1. The van der Waals surface area contributed by atoms with E-state index >= 15 is 0 Å². The molecule has 0 saturated carbocycles. The third kappa shape index (κ3) is 6.02. The first-order valence-electron chi connectivity index (χ1n) is 10.1. The Balaban J connectivity index is 1.10. The molecule has 0 spiro atoms. The molecule has 0 amide bonds. The average Bonchev–Trinajstić information content (AvgIpc) is 3.49. The molecule has 4 rings (SSSR count). The Labute approximate surface area is 189 Å². The summed E-state index contributed by atoms with van der Waals surface area (Å²) in [5.74, 6) is 1.18. The van der Waals surface area contributed by atoms with E-state index in [1.54, 1.807) is 24.8 Å². The van der Waals surface area contributed by atoms with Crippen molar-refractivity contribution < 1.29 is 9.47 Å². The molecule has 0 aliphatic heterocycles. The summed E-state index contributed by atoms with van der Waals surface area (Å²) in [5.41, 5.74) is 3.37. The van der Waals surface area contributed by atoms with Gasteiger partial charge in [-0.3, -0.25) is 9.97 Å². The fraction of sp³-hybridized carbons (Fsp3) is 0.333. The quantitative estimate of drug-likeness (QED) is 0.278. The van der Waals surface area contributed by atoms with Crippen LogP contribution >= 0.6 is 23.5 Å². The van der Waals surface area contributed by atoms with Gasteiger partial charge in [0.05, 0.1) is 36.7 Å². The van der Waals surface area contributed by atoms with Gasteiger partial charge in [0.2, 0.25) is 0 Å². The highest BCUT2D eigenvalue weighted by molar-refractivity contribution is 6.99. The number of aromatic nitrogens is 6. The summed E-state index contributed by atoms with van der Waals surface area (Å²) in [7, 11) is 0. The molecule has 8 nitrogen and oxygen atoms in total. The largest absolute Gasteiger partial charge is 0.475 e. The fourth-order valence-electron chi connectivity index (χ4n) is 2.98. The van der Waals surface area contributed by atoms with Crippen molar-refractivity contribution in [1.29, 1.82) is 0 Å². The van der Waals surface area contributed by atoms with Crippen molar-refractivity contribution in [2.75, 3.05) is 13.2 Å². The third-order valence-electron chi connectivity index (χ3n) is 4.55. The number of hydrogen-bond donors (Lipinski definition) is 0. The summed E-state index contributed by atoms with van der Waals surface area (Å²) < 4.78 is 28.8. The number of rotatable bonds is 12. The maximum atomic E-state index is 5.83. The second-order valence-corrected chi connectivity index (χ2v) is 7.84. The van der Waals surface area contributed by atoms with Crippen LogP contribution in [0.15, 0.2) is 49.1 Å². The fourth-order valence-corrected chi connectivity index (χ4v) is 4.02. The van der Waals surface area contributed by atoms with Gasteiger partial charge in [0.1, 0.15) is 11.4 Å². The smallest absolute Gasteiger partial charge is 0.254 e. The molecule has 0 N–H and O–H groups in total. The minimum Gasteiger partial charge on any atom is -0.475 e. The molecular formula is C21H22N6O2S2. The normalized spacial score (nSPS) is 10.8. The molecule has 31 heavy (non-hydrogen) atoms. The van der Waals surface area contributed by atoms with Crippen LogP contribution < -0.4 is 9.47 Å². The molecule has 0 unspecified atom stereocenters. The Morgan fingerprint density at radius 1 is 0.613 bits per heavy atom. The Morgan fingerprint density at radius 3 is 1.55 bits per heavy atom. The van der Waals surface area contributed by atoms with Crippen LogP contribution in [-0.4, -0.2) is 40.7 Å². The van der Waals surface area contributed by atoms with Crippen molar-refractivity contribution in [3.05, 3.63) is 49.1 Å². The summed E-state index contributed by atoms with van der Waals surface area (Å²) in [6, 6.07) is 7.68. The molecule has 4 aromatic rings. The summed E-state index contributed by atoms with van der Waals surface area (Å²) in [5, 5.41) is 0. The lowest BCUT2D eigenvalue weighted by molar-refractivity contribution is 0.286. The van der Waals surface area contributed by atoms with Gasteiger partial charge in [-0.25, -0.2) is 0 Å². The van der Waals surface area contributed by atoms with E-state index in [1.165, 1.54) is 0 Å². The van der Waals surface area contributed by atoms with E-state index < -0.39 is 0 Å². The van der Waals surface area contributed by atoms with Gasteiger partial charge in [-0.05, 0) is 37.1 Å². The van der Waals surface area contributed by atoms with Crippen molar-refractivity contribution in [2.45, 2.75) is 32.1 Å². The summed E-state index contributed by atoms with van der Waals surface area (Å²) >= 11 is 2.32. The van der Waals surface area contributed by atoms with Crippen molar-refractivity contribution in [2.24, 2.45) is 0 Å². The second kappa shape index (κ2) is 11.4. The summed E-state index contributed by atoms with van der Waals surface area (Å²) in [4.78, 5) is 8.25. The zero-order valence-corrected chi connectivity index (χ0v) is 18.5. The van der Waals surface area contributed by atoms with Crippen LogP contribution in [0.1, 0.15) is 32.1 Å². The number of pyridine rings is 2. The van der Waals surface area contributed by atoms with Crippen molar-refractivity contribution >= 4 is 23.5 Å². The van der Waals surface area contributed by atoms with Gasteiger partial charge >= 0.3 is 0 Å². The van der Waals surface area contributed by atoms with Crippen molar-refractivity contribution in [3.63, 3.8) is 0 Å². The number of hydrogen-bond acceptors (Lipinski definition) is 10. The maximum Gasteiger partial charge on any atom is 0.254 e. The number of nitrogens with zero attached hydrogens (tertiary/aromatic N) is 6. The van der Waals surface area contributed by atoms with E-state index in [0.29, 0.717) is 25.0 Å². The SMILES string of the molecule is c1cncc(-c2nsnc2OCCCCCCCOc2nsnc2-c2cccnc2)c1. The highest BCUT2D eigenvalue weighted by Crippen LogP contribution is 2.28. The minimum atomic E-state index is 0.590. The van der Waals surface area contributed by atoms with Crippen LogP contribution in [0.2, 0.25) is 0 Å². The minimum absolute atomic E-state index is 0.590. The number of unbranched alkanes of at least 4 members (excludes halogenated alkanes) is 4. The van der Waals surface area contributed by atoms with Crippen LogP contribution in [-0.2, 0) is 0 Å². The predicted octanol–water partition coefficient (Wildman–Crippen LogP) is 4.92. The average molecular weight is 455 g/mol. The first kappa shape index (κ1) is 21.3. The molecule has 0 saturated heterocycles. The van der Waals surface area contributed by atoms with Crippen LogP contribution in [0.3, 0.4) is 0 Å². The van der Waals surface area contributed by atoms with E-state index in [1.807, 2.05) is 24.3 Å². The van der Waals surface area contributed by atoms with Crippen molar-refractivity contribution in [3.8, 4) is 34.3 Å². The molecule has 4 heterocycles. The molecule has 10 heteroatoms. The highest BCUT2D eigenvalue weighted by Gasteiger charge is 2.12. The number of ether oxygens (including phenoxy) is 2. The van der Waals surface area contributed by atoms with Gasteiger partial charge in [0.25, 0.3) is 11.8 Å². The lowest BCUT2D eigenvalue weighted by atomic mass is 10.1. The zero-order valence-electron chi connectivity index (χ0n) is 16.9. The monoisotopic (exact) mass is 454 g/mol. The van der Waals surface area contributed by atoms with E-state index in [9.17, 15) is 0 Å². The topological polar surface area (TPSA) is 95.8 Å². The second-order valence-electron chi connectivity index (χ2n) is 6.78. The lowest BCUT2D eigenvalue weighted by Crippen LogP contribution is -2.00. The predicted molar refractivity (Wildman–Crippen MR) is 120 cm³/mol. The first-order chi connectivity index (χ1) is 15.4. The molecule has 0 radical (unpaired) electrons. The van der Waals surface area contributed by atoms with Crippen molar-refractivity contribution in [1.82, 2.24) is 27.5 Å². The maximum absolute atomic E-state index is 5.83. The Kier molecular flexibility index (Phi) is 7.83. The Bertz CT molecular complexity index is 958. The van der Waals surface area contributed by atoms with Crippen LogP contribution in [0.5, 0.6) is 11.8 Å². The molecule has 0 aromatic carbocycles. The standard InChI is InChI=1S/C21H22N6O2S2/c1(2-4-12-28-20-18(24-30-26-20)16-8-6-10-22-14-16)3-5-13-29-21-19(25-31-27-21)17-9-7-11-23-15-17/h6-11,14-15H,1-5,12-13H2. The highest BCUT2D eigenvalue weighted by atomic mass is 32.1. The molecule has 4 aromatic heterocycles. The molecular weight excluding hydrogens is 432 g/mol. The molecule has 0 bridgehead atoms. The van der Waals surface area contributed by atoms with Gasteiger partial charge < -0.3 is 9.47 Å². The van der Waals surface area contributed by atoms with Gasteiger partial charge in [0.15, 0.2) is 0 Å². The first-order valence-corrected chi connectivity index (χ1v) is 11.6. The van der Waals surface area contributed by atoms with Gasteiger partial charge in [-0.1, -0.05) is 19.3 Å². The van der Waals surface area contributed by atoms with Gasteiger partial charge in [-0.2, -0.15) is 8.75 Å². The van der Waals surface area contributed by atoms with Crippen LogP contribution in [0.4, 0.5) is 0 Å². The summed E-state index contributed by atoms with van der Waals surface area (Å²) in [6.45, 7) is 1.27. The van der Waals surface area contributed by atoms with E-state index in [0.717, 1.165) is 78.1 Å². The van der Waals surface area contributed by atoms with E-state index in [-0.39, 0.29) is 0 Å². The van der Waals surface area contributed by atoms with Crippen LogP contribution in [0, 0.1) is 0 Å². The van der Waals surface area contributed by atoms with Gasteiger partial charge in [-0.15, -0.1) is 8.75 Å². The van der Waals surface area contributed by atoms with E-state index in [2.05, 4.69) is 27.5 Å². The van der Waals surface area contributed by atoms with Crippen LogP contribution in [0.25, 0.3) is 22.5 Å². The molecule has 0 atom stereocenters. The Hall–Kier alpha value is -2.98. The molecule has 0 fully saturated rings. The Morgan fingerprint density at radius 2 is 1.10 bits per heavy atom. The van der Waals surface area contributed by atoms with Gasteiger partial charge in [0, 0.05) is 35.9 Å². The van der Waals surface area contributed by atoms with E-state index in [4.69, 9.17) is 9.47 Å².